The Kier molecular flexibility index (Phi) is 4.25. The number of aromatic nitrogens is 2. The van der Waals surface area contributed by atoms with Crippen LogP contribution >= 0.6 is 11.6 Å². The van der Waals surface area contributed by atoms with Gasteiger partial charge in [-0.15, -0.1) is 0 Å². The first kappa shape index (κ1) is 17.1. The van der Waals surface area contributed by atoms with E-state index in [2.05, 4.69) is 9.97 Å². The Hall–Kier alpha value is -3.38. The zero-order valence-corrected chi connectivity index (χ0v) is 14.6. The third-order valence-electron chi connectivity index (χ3n) is 4.02. The quantitative estimate of drug-likeness (QED) is 0.526. The maximum Gasteiger partial charge on any atom is 0.248 e. The third-order valence-corrected chi connectivity index (χ3v) is 4.33. The number of nitrogens with one attached hydrogen (secondary N) is 1. The van der Waals surface area contributed by atoms with Gasteiger partial charge < -0.3 is 15.5 Å². The molecule has 0 fully saturated rings. The monoisotopic (exact) mass is 381 g/mol. The third kappa shape index (κ3) is 3.47. The van der Waals surface area contributed by atoms with Crippen molar-refractivity contribution < 1.29 is 13.9 Å². The van der Waals surface area contributed by atoms with Crippen LogP contribution in [0, 0.1) is 5.82 Å². The Labute approximate surface area is 158 Å². The second-order valence-corrected chi connectivity index (χ2v) is 6.29. The molecule has 3 aromatic carbocycles. The highest BCUT2D eigenvalue weighted by Crippen LogP contribution is 2.28. The fourth-order valence-electron chi connectivity index (χ4n) is 2.65. The molecule has 27 heavy (non-hydrogen) atoms. The van der Waals surface area contributed by atoms with Gasteiger partial charge in [0.25, 0.3) is 0 Å². The minimum absolute atomic E-state index is 0.0436. The summed E-state index contributed by atoms with van der Waals surface area (Å²) in [7, 11) is 0. The van der Waals surface area contributed by atoms with Crippen molar-refractivity contribution in [2.45, 2.75) is 0 Å². The number of primary amides is 1. The lowest BCUT2D eigenvalue weighted by molar-refractivity contribution is 0.100. The molecule has 0 aliphatic rings. The fourth-order valence-corrected chi connectivity index (χ4v) is 2.77. The van der Waals surface area contributed by atoms with E-state index in [9.17, 15) is 9.18 Å². The molecule has 0 aliphatic carbocycles. The molecule has 1 aromatic heterocycles. The maximum absolute atomic E-state index is 13.5. The van der Waals surface area contributed by atoms with Crippen molar-refractivity contribution in [2.24, 2.45) is 5.73 Å². The smallest absolute Gasteiger partial charge is 0.248 e. The number of carbonyl (C=O) groups excluding carboxylic acids is 1. The number of amides is 1. The van der Waals surface area contributed by atoms with E-state index in [1.165, 1.54) is 12.1 Å². The van der Waals surface area contributed by atoms with Crippen LogP contribution in [0.25, 0.3) is 22.4 Å². The zero-order valence-electron chi connectivity index (χ0n) is 13.9. The summed E-state index contributed by atoms with van der Waals surface area (Å²) in [6.07, 6.45) is 0. The molecule has 5 nitrogen and oxygen atoms in total. The second kappa shape index (κ2) is 6.74. The van der Waals surface area contributed by atoms with Crippen molar-refractivity contribution in [1.29, 1.82) is 0 Å². The van der Waals surface area contributed by atoms with Crippen LogP contribution in [0.5, 0.6) is 11.5 Å². The molecule has 0 radical (unpaired) electrons. The number of rotatable bonds is 4. The van der Waals surface area contributed by atoms with Gasteiger partial charge in [0.2, 0.25) is 5.91 Å². The Morgan fingerprint density at radius 2 is 1.78 bits per heavy atom. The van der Waals surface area contributed by atoms with E-state index in [0.29, 0.717) is 28.4 Å². The van der Waals surface area contributed by atoms with Crippen molar-refractivity contribution >= 4 is 28.5 Å². The standard InChI is InChI=1S/C20H13ClFN3O2/c21-15-7-6-14(10-16(15)22)27-13-4-1-11(2-5-13)20-24-17-8-3-12(19(23)26)9-18(17)25-20/h1-10H,(H2,23,26)(H,24,25). The SMILES string of the molecule is NC(=O)c1ccc2[nH]c(-c3ccc(Oc4ccc(Cl)c(F)c4)cc3)nc2c1. The Morgan fingerprint density at radius 1 is 1.04 bits per heavy atom. The molecule has 0 atom stereocenters. The minimum atomic E-state index is -0.539. The number of imidazole rings is 1. The van der Waals surface area contributed by atoms with Gasteiger partial charge in [0.1, 0.15) is 23.1 Å². The normalized spacial score (nSPS) is 10.9. The molecule has 134 valence electrons. The van der Waals surface area contributed by atoms with E-state index in [0.717, 1.165) is 11.1 Å². The molecule has 0 unspecified atom stereocenters. The number of carbonyl (C=O) groups is 1. The lowest BCUT2D eigenvalue weighted by atomic mass is 10.2. The minimum Gasteiger partial charge on any atom is -0.457 e. The topological polar surface area (TPSA) is 81.0 Å². The average Bonchev–Trinajstić information content (AvgIpc) is 3.08. The molecule has 4 rings (SSSR count). The van der Waals surface area contributed by atoms with Gasteiger partial charge >= 0.3 is 0 Å². The highest BCUT2D eigenvalue weighted by molar-refractivity contribution is 6.30. The van der Waals surface area contributed by atoms with E-state index in [1.807, 2.05) is 12.1 Å². The number of fused-ring (bicyclic) bond motifs is 1. The van der Waals surface area contributed by atoms with Crippen molar-refractivity contribution in [3.8, 4) is 22.9 Å². The number of hydrogen-bond donors (Lipinski definition) is 2. The Bertz CT molecular complexity index is 1160. The summed E-state index contributed by atoms with van der Waals surface area (Å²) in [6, 6.07) is 16.5. The van der Waals surface area contributed by atoms with Crippen LogP contribution in [0.2, 0.25) is 5.02 Å². The highest BCUT2D eigenvalue weighted by atomic mass is 35.5. The second-order valence-electron chi connectivity index (χ2n) is 5.88. The van der Waals surface area contributed by atoms with Gasteiger partial charge in [-0.05, 0) is 54.6 Å². The number of benzene rings is 3. The van der Waals surface area contributed by atoms with E-state index in [1.54, 1.807) is 36.4 Å². The fraction of sp³-hybridized carbons (Fsp3) is 0. The molecular weight excluding hydrogens is 369 g/mol. The van der Waals surface area contributed by atoms with Gasteiger partial charge in [-0.3, -0.25) is 4.79 Å². The summed E-state index contributed by atoms with van der Waals surface area (Å²) in [5.41, 5.74) is 7.98. The summed E-state index contributed by atoms with van der Waals surface area (Å²) in [5.74, 6) is 0.514. The molecule has 0 spiro atoms. The highest BCUT2D eigenvalue weighted by Gasteiger charge is 2.09. The molecular formula is C20H13ClFN3O2. The number of halogens is 2. The van der Waals surface area contributed by atoms with Crippen LogP contribution in [0.3, 0.4) is 0 Å². The van der Waals surface area contributed by atoms with Crippen LogP contribution in [0.15, 0.2) is 60.7 Å². The predicted molar refractivity (Wildman–Crippen MR) is 102 cm³/mol. The van der Waals surface area contributed by atoms with Gasteiger partial charge in [-0.1, -0.05) is 11.6 Å². The van der Waals surface area contributed by atoms with Crippen LogP contribution in [0.1, 0.15) is 10.4 Å². The molecule has 0 aliphatic heterocycles. The Morgan fingerprint density at radius 3 is 2.48 bits per heavy atom. The molecule has 1 heterocycles. The summed E-state index contributed by atoms with van der Waals surface area (Å²) in [6.45, 7) is 0. The maximum atomic E-state index is 13.5. The van der Waals surface area contributed by atoms with Gasteiger partial charge in [0, 0.05) is 17.2 Å². The van der Waals surface area contributed by atoms with Gasteiger partial charge in [-0.2, -0.15) is 0 Å². The number of nitrogens with zero attached hydrogens (tertiary/aromatic N) is 1. The lowest BCUT2D eigenvalue weighted by Crippen LogP contribution is -2.10. The number of hydrogen-bond acceptors (Lipinski definition) is 3. The summed E-state index contributed by atoms with van der Waals surface area (Å²) >= 11 is 5.67. The van der Waals surface area contributed by atoms with Crippen LogP contribution in [-0.4, -0.2) is 15.9 Å². The lowest BCUT2D eigenvalue weighted by Gasteiger charge is -2.06. The van der Waals surface area contributed by atoms with E-state index < -0.39 is 11.7 Å². The first-order valence-corrected chi connectivity index (χ1v) is 8.40. The molecule has 4 aromatic rings. The average molecular weight is 382 g/mol. The summed E-state index contributed by atoms with van der Waals surface area (Å²) in [4.78, 5) is 19.0. The van der Waals surface area contributed by atoms with Crippen LogP contribution in [0.4, 0.5) is 4.39 Å². The van der Waals surface area contributed by atoms with Crippen molar-refractivity contribution in [3.63, 3.8) is 0 Å². The van der Waals surface area contributed by atoms with Crippen molar-refractivity contribution in [3.05, 3.63) is 77.1 Å². The van der Waals surface area contributed by atoms with E-state index in [4.69, 9.17) is 22.1 Å². The largest absolute Gasteiger partial charge is 0.457 e. The van der Waals surface area contributed by atoms with Gasteiger partial charge in [-0.25, -0.2) is 9.37 Å². The van der Waals surface area contributed by atoms with Gasteiger partial charge in [0.05, 0.1) is 16.1 Å². The molecule has 0 saturated carbocycles. The molecule has 1 amide bonds. The predicted octanol–water partition coefficient (Wildman–Crippen LogP) is 4.91. The first-order chi connectivity index (χ1) is 13.0. The van der Waals surface area contributed by atoms with Crippen LogP contribution in [-0.2, 0) is 0 Å². The molecule has 3 N–H and O–H groups in total. The zero-order chi connectivity index (χ0) is 19.0. The number of nitrogens with two attached hydrogens (primary N) is 1. The van der Waals surface area contributed by atoms with E-state index in [-0.39, 0.29) is 5.02 Å². The summed E-state index contributed by atoms with van der Waals surface area (Å²) in [5, 5.41) is 0.0436. The van der Waals surface area contributed by atoms with Crippen LogP contribution < -0.4 is 10.5 Å². The number of H-pyrrole nitrogens is 1. The van der Waals surface area contributed by atoms with Gasteiger partial charge in [0.15, 0.2) is 0 Å². The Balaban J connectivity index is 1.59. The molecule has 7 heteroatoms. The summed E-state index contributed by atoms with van der Waals surface area (Å²) < 4.78 is 19.1. The number of aromatic amines is 1. The molecule has 0 saturated heterocycles. The van der Waals surface area contributed by atoms with Crippen molar-refractivity contribution in [2.75, 3.05) is 0 Å². The molecule has 0 bridgehead atoms. The first-order valence-electron chi connectivity index (χ1n) is 8.02. The number of ether oxygens (including phenoxy) is 1. The van der Waals surface area contributed by atoms with E-state index >= 15 is 0 Å². The van der Waals surface area contributed by atoms with Crippen molar-refractivity contribution in [1.82, 2.24) is 9.97 Å².